The number of hydrogen-bond donors (Lipinski definition) is 1. The normalized spacial score (nSPS) is 18.2. The Labute approximate surface area is 200 Å². The summed E-state index contributed by atoms with van der Waals surface area (Å²) in [7, 11) is 3.68. The molecule has 0 aliphatic carbocycles. The Morgan fingerprint density at radius 2 is 1.79 bits per heavy atom. The first kappa shape index (κ1) is 23.4. The molecule has 2 atom stereocenters. The molecular formula is C27H30N2O3S. The Morgan fingerprint density at radius 3 is 2.48 bits per heavy atom. The minimum Gasteiger partial charge on any atom is -0.497 e. The van der Waals surface area contributed by atoms with E-state index < -0.39 is 11.4 Å². The molecule has 0 aromatic heterocycles. The lowest BCUT2D eigenvalue weighted by molar-refractivity contribution is -0.126. The quantitative estimate of drug-likeness (QED) is 0.553. The van der Waals surface area contributed by atoms with Crippen molar-refractivity contribution in [2.45, 2.75) is 29.7 Å². The van der Waals surface area contributed by atoms with E-state index in [0.717, 1.165) is 34.0 Å². The Bertz CT molecular complexity index is 1090. The average molecular weight is 463 g/mol. The van der Waals surface area contributed by atoms with Crippen LogP contribution >= 0.6 is 11.8 Å². The van der Waals surface area contributed by atoms with Gasteiger partial charge in [0, 0.05) is 24.5 Å². The van der Waals surface area contributed by atoms with E-state index in [1.54, 1.807) is 23.8 Å². The number of likely N-dealkylation sites (N-methyl/N-ethyl adjacent to an activating group) is 1. The van der Waals surface area contributed by atoms with Crippen molar-refractivity contribution in [3.8, 4) is 5.75 Å². The lowest BCUT2D eigenvalue weighted by Gasteiger charge is -2.27. The molecule has 3 aromatic rings. The average Bonchev–Trinajstić information content (AvgIpc) is 2.93. The number of nitrogens with zero attached hydrogens (tertiary/aromatic N) is 2. The van der Waals surface area contributed by atoms with Gasteiger partial charge in [-0.1, -0.05) is 48.5 Å². The number of ether oxygens (including phenoxy) is 1. The van der Waals surface area contributed by atoms with E-state index in [4.69, 9.17) is 4.74 Å². The summed E-state index contributed by atoms with van der Waals surface area (Å²) in [6.45, 7) is 4.05. The molecule has 33 heavy (non-hydrogen) atoms. The van der Waals surface area contributed by atoms with Crippen LogP contribution in [0.4, 0.5) is 5.69 Å². The van der Waals surface area contributed by atoms with Gasteiger partial charge in [-0.15, -0.1) is 11.8 Å². The standard InChI is InChI=1S/C27H30N2O3S/c1-19-9-14-23-24(17-19)33-26(21-10-12-22(32-3)13-11-21)25(30)27(31)29(23)16-15-28(2)18-20-7-5-4-6-8-20/h4-14,17,25-26,30H,15-16,18H2,1-3H3. The Hall–Kier alpha value is -2.80. The van der Waals surface area contributed by atoms with Gasteiger partial charge in [0.15, 0.2) is 0 Å². The maximum atomic E-state index is 13.5. The number of thioether (sulfide) groups is 1. The summed E-state index contributed by atoms with van der Waals surface area (Å²) >= 11 is 1.54. The summed E-state index contributed by atoms with van der Waals surface area (Å²) in [4.78, 5) is 18.4. The minimum atomic E-state index is -1.14. The number of aliphatic hydroxyl groups excluding tert-OH is 1. The Kier molecular flexibility index (Phi) is 7.38. The van der Waals surface area contributed by atoms with Crippen LogP contribution in [0.3, 0.4) is 0 Å². The molecule has 0 fully saturated rings. The van der Waals surface area contributed by atoms with Crippen molar-refractivity contribution in [3.05, 3.63) is 89.5 Å². The number of benzene rings is 3. The van der Waals surface area contributed by atoms with E-state index in [1.165, 1.54) is 5.56 Å². The number of aliphatic hydroxyl groups is 1. The monoisotopic (exact) mass is 462 g/mol. The lowest BCUT2D eigenvalue weighted by atomic mass is 10.1. The van der Waals surface area contributed by atoms with Crippen LogP contribution in [0.15, 0.2) is 77.7 Å². The fraction of sp³-hybridized carbons (Fsp3) is 0.296. The molecule has 1 N–H and O–H groups in total. The van der Waals surface area contributed by atoms with Crippen molar-refractivity contribution in [1.82, 2.24) is 4.90 Å². The van der Waals surface area contributed by atoms with Gasteiger partial charge in [-0.2, -0.15) is 0 Å². The molecule has 4 rings (SSSR count). The summed E-state index contributed by atoms with van der Waals surface area (Å²) < 4.78 is 5.27. The molecule has 0 spiro atoms. The second kappa shape index (κ2) is 10.4. The maximum Gasteiger partial charge on any atom is 0.257 e. The number of hydrogen-bond acceptors (Lipinski definition) is 5. The Balaban J connectivity index is 1.58. The first-order chi connectivity index (χ1) is 16.0. The predicted molar refractivity (Wildman–Crippen MR) is 134 cm³/mol. The zero-order valence-corrected chi connectivity index (χ0v) is 20.1. The lowest BCUT2D eigenvalue weighted by Crippen LogP contribution is -2.43. The summed E-state index contributed by atoms with van der Waals surface area (Å²) in [5, 5.41) is 10.8. The highest BCUT2D eigenvalue weighted by Gasteiger charge is 2.37. The summed E-state index contributed by atoms with van der Waals surface area (Å²) in [6.07, 6.45) is -1.14. The smallest absolute Gasteiger partial charge is 0.257 e. The van der Waals surface area contributed by atoms with Crippen LogP contribution in [0, 0.1) is 6.92 Å². The summed E-state index contributed by atoms with van der Waals surface area (Å²) in [5.41, 5.74) is 4.11. The molecule has 0 bridgehead atoms. The van der Waals surface area contributed by atoms with Gasteiger partial charge in [-0.25, -0.2) is 0 Å². The van der Waals surface area contributed by atoms with Crippen molar-refractivity contribution in [1.29, 1.82) is 0 Å². The van der Waals surface area contributed by atoms with E-state index in [9.17, 15) is 9.90 Å². The number of carbonyl (C=O) groups is 1. The van der Waals surface area contributed by atoms with Gasteiger partial charge in [0.25, 0.3) is 5.91 Å². The Morgan fingerprint density at radius 1 is 1.06 bits per heavy atom. The van der Waals surface area contributed by atoms with Gasteiger partial charge in [-0.3, -0.25) is 4.79 Å². The van der Waals surface area contributed by atoms with Crippen LogP contribution < -0.4 is 9.64 Å². The van der Waals surface area contributed by atoms with E-state index in [1.807, 2.05) is 61.5 Å². The molecule has 0 radical (unpaired) electrons. The van der Waals surface area contributed by atoms with E-state index in [2.05, 4.69) is 30.1 Å². The first-order valence-electron chi connectivity index (χ1n) is 11.1. The third-order valence-electron chi connectivity index (χ3n) is 5.91. The number of carbonyl (C=O) groups excluding carboxylic acids is 1. The number of rotatable bonds is 7. The van der Waals surface area contributed by atoms with Crippen LogP contribution in [0.2, 0.25) is 0 Å². The first-order valence-corrected chi connectivity index (χ1v) is 12.0. The highest BCUT2D eigenvalue weighted by Crippen LogP contribution is 2.46. The highest BCUT2D eigenvalue weighted by molar-refractivity contribution is 7.99. The molecule has 6 heteroatoms. The molecule has 5 nitrogen and oxygen atoms in total. The number of amides is 1. The van der Waals surface area contributed by atoms with Gasteiger partial charge in [0.1, 0.15) is 11.9 Å². The van der Waals surface area contributed by atoms with Gasteiger partial charge < -0.3 is 19.6 Å². The molecule has 0 saturated heterocycles. The van der Waals surface area contributed by atoms with Gasteiger partial charge >= 0.3 is 0 Å². The second-order valence-corrected chi connectivity index (χ2v) is 9.62. The van der Waals surface area contributed by atoms with E-state index in [0.29, 0.717) is 13.1 Å². The number of aryl methyl sites for hydroxylation is 1. The van der Waals surface area contributed by atoms with Gasteiger partial charge in [0.2, 0.25) is 0 Å². The molecule has 0 saturated carbocycles. The SMILES string of the molecule is COc1ccc(C2Sc3cc(C)ccc3N(CCN(C)Cc3ccccc3)C(=O)C2O)cc1. The van der Waals surface area contributed by atoms with Gasteiger partial charge in [0.05, 0.1) is 18.0 Å². The highest BCUT2D eigenvalue weighted by atomic mass is 32.2. The van der Waals surface area contributed by atoms with Crippen LogP contribution in [0.5, 0.6) is 5.75 Å². The van der Waals surface area contributed by atoms with Gasteiger partial charge in [-0.05, 0) is 54.9 Å². The maximum absolute atomic E-state index is 13.5. The molecule has 1 aliphatic heterocycles. The number of methoxy groups -OCH3 is 1. The zero-order chi connectivity index (χ0) is 23.4. The molecule has 1 aliphatic rings. The molecular weight excluding hydrogens is 432 g/mol. The fourth-order valence-electron chi connectivity index (χ4n) is 4.07. The van der Waals surface area contributed by atoms with E-state index in [-0.39, 0.29) is 5.91 Å². The van der Waals surface area contributed by atoms with Crippen LogP contribution in [0.1, 0.15) is 21.9 Å². The number of anilines is 1. The van der Waals surface area contributed by atoms with Crippen molar-refractivity contribution in [3.63, 3.8) is 0 Å². The summed E-state index contributed by atoms with van der Waals surface area (Å²) in [6, 6.07) is 24.0. The molecule has 2 unspecified atom stereocenters. The van der Waals surface area contributed by atoms with Crippen molar-refractivity contribution >= 4 is 23.4 Å². The second-order valence-electron chi connectivity index (χ2n) is 8.44. The molecule has 1 heterocycles. The third-order valence-corrected chi connectivity index (χ3v) is 7.28. The van der Waals surface area contributed by atoms with Crippen LogP contribution in [-0.2, 0) is 11.3 Å². The van der Waals surface area contributed by atoms with E-state index >= 15 is 0 Å². The predicted octanol–water partition coefficient (Wildman–Crippen LogP) is 4.68. The molecule has 3 aromatic carbocycles. The summed E-state index contributed by atoms with van der Waals surface area (Å²) in [5.74, 6) is 0.483. The van der Waals surface area contributed by atoms with Crippen LogP contribution in [-0.4, -0.2) is 49.3 Å². The van der Waals surface area contributed by atoms with Crippen molar-refractivity contribution in [2.75, 3.05) is 32.1 Å². The third kappa shape index (κ3) is 5.41. The number of fused-ring (bicyclic) bond motifs is 1. The molecule has 172 valence electrons. The topological polar surface area (TPSA) is 53.0 Å². The van der Waals surface area contributed by atoms with Crippen molar-refractivity contribution in [2.24, 2.45) is 0 Å². The van der Waals surface area contributed by atoms with Crippen molar-refractivity contribution < 1.29 is 14.6 Å². The fourth-order valence-corrected chi connectivity index (χ4v) is 5.43. The minimum absolute atomic E-state index is 0.265. The van der Waals surface area contributed by atoms with Crippen LogP contribution in [0.25, 0.3) is 0 Å². The molecule has 1 amide bonds. The zero-order valence-electron chi connectivity index (χ0n) is 19.3. The largest absolute Gasteiger partial charge is 0.497 e.